The number of rotatable bonds is 6. The highest BCUT2D eigenvalue weighted by Gasteiger charge is 2.39. The van der Waals surface area contributed by atoms with Crippen LogP contribution in [0.1, 0.15) is 32.1 Å². The number of nitrogens with zero attached hydrogens (tertiary/aromatic N) is 2. The lowest BCUT2D eigenvalue weighted by atomic mass is 9.92. The Morgan fingerprint density at radius 2 is 2.00 bits per heavy atom. The third kappa shape index (κ3) is 3.07. The van der Waals surface area contributed by atoms with E-state index >= 15 is 0 Å². The molecule has 2 aliphatic carbocycles. The van der Waals surface area contributed by atoms with Gasteiger partial charge in [-0.05, 0) is 61.3 Å². The van der Waals surface area contributed by atoms with E-state index in [1.54, 1.807) is 0 Å². The lowest BCUT2D eigenvalue weighted by molar-refractivity contribution is 0.201. The second-order valence-electron chi connectivity index (χ2n) is 7.19. The monoisotopic (exact) mass is 326 g/mol. The first-order valence-electron chi connectivity index (χ1n) is 9.20. The van der Waals surface area contributed by atoms with Crippen LogP contribution in [-0.2, 0) is 6.54 Å². The fourth-order valence-corrected chi connectivity index (χ4v) is 4.75. The number of aliphatic hydroxyl groups is 1. The molecule has 1 aromatic heterocycles. The van der Waals surface area contributed by atoms with Gasteiger partial charge < -0.3 is 14.4 Å². The summed E-state index contributed by atoms with van der Waals surface area (Å²) in [6, 6.07) is 8.01. The van der Waals surface area contributed by atoms with Gasteiger partial charge in [0, 0.05) is 24.5 Å². The number of hydrogen-bond donors (Lipinski definition) is 1. The van der Waals surface area contributed by atoms with Crippen molar-refractivity contribution in [2.24, 2.45) is 17.8 Å². The molecule has 4 heteroatoms. The van der Waals surface area contributed by atoms with Crippen molar-refractivity contribution in [3.63, 3.8) is 0 Å². The van der Waals surface area contributed by atoms with E-state index in [-0.39, 0.29) is 6.61 Å². The predicted octanol–water partition coefficient (Wildman–Crippen LogP) is 3.75. The predicted molar refractivity (Wildman–Crippen MR) is 93.8 cm³/mol. The second kappa shape index (κ2) is 6.98. The summed E-state index contributed by atoms with van der Waals surface area (Å²) in [6.07, 6.45) is 11.1. The van der Waals surface area contributed by atoms with E-state index in [4.69, 9.17) is 9.84 Å². The van der Waals surface area contributed by atoms with Crippen molar-refractivity contribution in [3.05, 3.63) is 36.7 Å². The van der Waals surface area contributed by atoms with E-state index in [0.717, 1.165) is 41.4 Å². The summed E-state index contributed by atoms with van der Waals surface area (Å²) in [4.78, 5) is 4.59. The molecule has 0 saturated heterocycles. The number of aliphatic hydroxyl groups excluding tert-OH is 1. The van der Waals surface area contributed by atoms with Crippen LogP contribution < -0.4 is 4.74 Å². The van der Waals surface area contributed by atoms with Crippen molar-refractivity contribution < 1.29 is 9.84 Å². The minimum atomic E-state index is 0.0374. The van der Waals surface area contributed by atoms with Crippen LogP contribution in [0.15, 0.2) is 36.7 Å². The molecule has 2 saturated carbocycles. The zero-order chi connectivity index (χ0) is 16.4. The van der Waals surface area contributed by atoms with Crippen LogP contribution in [0.5, 0.6) is 5.75 Å². The molecule has 2 fully saturated rings. The number of hydrogen-bond acceptors (Lipinski definition) is 3. The summed E-state index contributed by atoms with van der Waals surface area (Å²) in [5.41, 5.74) is 1.12. The summed E-state index contributed by atoms with van der Waals surface area (Å²) >= 11 is 0. The Hall–Kier alpha value is -1.81. The topological polar surface area (TPSA) is 47.3 Å². The van der Waals surface area contributed by atoms with E-state index in [9.17, 15) is 0 Å². The molecule has 0 spiro atoms. The van der Waals surface area contributed by atoms with Crippen molar-refractivity contribution in [1.82, 2.24) is 9.55 Å². The molecular weight excluding hydrogens is 300 g/mol. The molecule has 0 unspecified atom stereocenters. The van der Waals surface area contributed by atoms with Crippen LogP contribution >= 0.6 is 0 Å². The van der Waals surface area contributed by atoms with Crippen molar-refractivity contribution in [1.29, 1.82) is 0 Å². The number of imidazole rings is 1. The molecule has 4 rings (SSSR count). The van der Waals surface area contributed by atoms with Crippen molar-refractivity contribution >= 4 is 0 Å². The summed E-state index contributed by atoms with van der Waals surface area (Å²) in [5.74, 6) is 4.58. The zero-order valence-electron chi connectivity index (χ0n) is 14.1. The van der Waals surface area contributed by atoms with Gasteiger partial charge in [0.25, 0.3) is 0 Å². The van der Waals surface area contributed by atoms with Crippen LogP contribution in [0, 0.1) is 17.8 Å². The van der Waals surface area contributed by atoms with E-state index in [1.807, 2.05) is 18.3 Å². The number of fused-ring (bicyclic) bond motifs is 1. The van der Waals surface area contributed by atoms with Gasteiger partial charge in [-0.25, -0.2) is 4.98 Å². The molecule has 4 nitrogen and oxygen atoms in total. The van der Waals surface area contributed by atoms with E-state index in [2.05, 4.69) is 27.9 Å². The average molecular weight is 326 g/mol. The van der Waals surface area contributed by atoms with Crippen LogP contribution in [0.4, 0.5) is 0 Å². The van der Waals surface area contributed by atoms with Gasteiger partial charge in [0.15, 0.2) is 0 Å². The average Bonchev–Trinajstić information content (AvgIpc) is 3.32. The first-order chi connectivity index (χ1) is 11.8. The minimum absolute atomic E-state index is 0.0374. The second-order valence-corrected chi connectivity index (χ2v) is 7.19. The van der Waals surface area contributed by atoms with Crippen LogP contribution in [0.25, 0.3) is 11.4 Å². The Morgan fingerprint density at radius 1 is 1.12 bits per heavy atom. The molecule has 1 heterocycles. The largest absolute Gasteiger partial charge is 0.491 e. The first-order valence-corrected chi connectivity index (χ1v) is 9.20. The molecule has 0 amide bonds. The van der Waals surface area contributed by atoms with E-state index in [1.165, 1.54) is 32.1 Å². The molecule has 0 bridgehead atoms. The Bertz CT molecular complexity index is 665. The van der Waals surface area contributed by atoms with Gasteiger partial charge in [-0.3, -0.25) is 0 Å². The Morgan fingerprint density at radius 3 is 2.83 bits per heavy atom. The van der Waals surface area contributed by atoms with Gasteiger partial charge in [0.1, 0.15) is 18.2 Å². The fourth-order valence-electron chi connectivity index (χ4n) is 4.75. The third-order valence-electron chi connectivity index (χ3n) is 5.85. The van der Waals surface area contributed by atoms with E-state index < -0.39 is 0 Å². The van der Waals surface area contributed by atoms with Crippen LogP contribution in [0.3, 0.4) is 0 Å². The molecular formula is C20H26N2O2. The molecule has 1 aromatic carbocycles. The number of aromatic nitrogens is 2. The normalized spacial score (nSPS) is 25.8. The summed E-state index contributed by atoms with van der Waals surface area (Å²) in [5, 5.41) is 8.83. The molecule has 1 N–H and O–H groups in total. The molecule has 0 radical (unpaired) electrons. The number of ether oxygens (including phenoxy) is 1. The fraction of sp³-hybridized carbons (Fsp3) is 0.550. The van der Waals surface area contributed by atoms with Gasteiger partial charge in [-0.15, -0.1) is 0 Å². The third-order valence-corrected chi connectivity index (χ3v) is 5.85. The summed E-state index contributed by atoms with van der Waals surface area (Å²) < 4.78 is 7.76. The highest BCUT2D eigenvalue weighted by atomic mass is 16.5. The standard InChI is InChI=1S/C20H26N2O2/c23-12-13-24-18-8-6-16(7-9-18)20-21-10-11-22(20)14-17-5-4-15-2-1-3-19(15)17/h6-11,15,17,19,23H,1-5,12-14H2/t15-,17+,19-/m1/s1. The SMILES string of the molecule is OCCOc1ccc(-c2nccn2C[C@@H]2CC[C@H]3CCC[C@H]32)cc1. The van der Waals surface area contributed by atoms with Gasteiger partial charge in [-0.1, -0.05) is 12.8 Å². The van der Waals surface area contributed by atoms with Gasteiger partial charge in [0.05, 0.1) is 6.61 Å². The molecule has 0 aliphatic heterocycles. The first kappa shape index (κ1) is 15.7. The van der Waals surface area contributed by atoms with Crippen LogP contribution in [-0.4, -0.2) is 27.9 Å². The Kier molecular flexibility index (Phi) is 4.56. The van der Waals surface area contributed by atoms with Crippen molar-refractivity contribution in [2.45, 2.75) is 38.6 Å². The molecule has 2 aromatic rings. The molecule has 3 atom stereocenters. The van der Waals surface area contributed by atoms with E-state index in [0.29, 0.717) is 6.61 Å². The summed E-state index contributed by atoms with van der Waals surface area (Å²) in [6.45, 7) is 1.47. The smallest absolute Gasteiger partial charge is 0.139 e. The number of benzene rings is 1. The van der Waals surface area contributed by atoms with Crippen LogP contribution in [0.2, 0.25) is 0 Å². The molecule has 128 valence electrons. The van der Waals surface area contributed by atoms with Gasteiger partial charge >= 0.3 is 0 Å². The maximum absolute atomic E-state index is 8.83. The highest BCUT2D eigenvalue weighted by molar-refractivity contribution is 5.56. The minimum Gasteiger partial charge on any atom is -0.491 e. The molecule has 2 aliphatic rings. The maximum Gasteiger partial charge on any atom is 0.139 e. The molecule has 24 heavy (non-hydrogen) atoms. The maximum atomic E-state index is 8.83. The zero-order valence-corrected chi connectivity index (χ0v) is 14.1. The quantitative estimate of drug-likeness (QED) is 0.879. The highest BCUT2D eigenvalue weighted by Crippen LogP contribution is 2.48. The van der Waals surface area contributed by atoms with Gasteiger partial charge in [0.2, 0.25) is 0 Å². The lowest BCUT2D eigenvalue weighted by Crippen LogP contribution is -2.16. The Labute approximate surface area is 143 Å². The summed E-state index contributed by atoms with van der Waals surface area (Å²) in [7, 11) is 0. The van der Waals surface area contributed by atoms with Crippen molar-refractivity contribution in [2.75, 3.05) is 13.2 Å². The van der Waals surface area contributed by atoms with Crippen molar-refractivity contribution in [3.8, 4) is 17.1 Å². The lowest BCUT2D eigenvalue weighted by Gasteiger charge is -2.20. The Balaban J connectivity index is 1.48. The van der Waals surface area contributed by atoms with Gasteiger partial charge in [-0.2, -0.15) is 0 Å².